The Labute approximate surface area is 240 Å². The summed E-state index contributed by atoms with van der Waals surface area (Å²) in [6.07, 6.45) is 5.01. The highest BCUT2D eigenvalue weighted by Gasteiger charge is 2.26. The van der Waals surface area contributed by atoms with E-state index in [9.17, 15) is 22.4 Å². The van der Waals surface area contributed by atoms with Gasteiger partial charge in [-0.25, -0.2) is 12.8 Å². The summed E-state index contributed by atoms with van der Waals surface area (Å²) in [6.45, 7) is 0.545. The van der Waals surface area contributed by atoms with E-state index in [0.717, 1.165) is 16.3 Å². The van der Waals surface area contributed by atoms with Crippen LogP contribution in [-0.2, 0) is 16.4 Å². The van der Waals surface area contributed by atoms with Crippen molar-refractivity contribution < 1.29 is 26.8 Å². The van der Waals surface area contributed by atoms with Crippen LogP contribution in [0.4, 0.5) is 10.1 Å². The summed E-state index contributed by atoms with van der Waals surface area (Å²) in [7, 11) is -0.786. The van der Waals surface area contributed by atoms with Crippen LogP contribution in [0, 0.1) is 5.82 Å². The molecule has 0 aliphatic carbocycles. The zero-order valence-electron chi connectivity index (χ0n) is 22.9. The number of furan rings is 1. The first-order valence-electron chi connectivity index (χ1n) is 13.0. The highest BCUT2D eigenvalue weighted by atomic mass is 32.2. The highest BCUT2D eigenvalue weighted by molar-refractivity contribution is 7.92. The van der Waals surface area contributed by atoms with Crippen LogP contribution in [0.25, 0.3) is 44.7 Å². The van der Waals surface area contributed by atoms with Gasteiger partial charge in [0.15, 0.2) is 0 Å². The van der Waals surface area contributed by atoms with E-state index in [-0.39, 0.29) is 22.8 Å². The highest BCUT2D eigenvalue weighted by Crippen LogP contribution is 2.42. The third kappa shape index (κ3) is 4.69. The smallest absolute Gasteiger partial charge is 0.255 e. The number of hydrogen-bond donors (Lipinski definition) is 3. The van der Waals surface area contributed by atoms with E-state index in [1.165, 1.54) is 38.4 Å². The lowest BCUT2D eigenvalue weighted by Gasteiger charge is -2.20. The Kier molecular flexibility index (Phi) is 6.57. The quantitative estimate of drug-likeness (QED) is 0.270. The molecule has 0 unspecified atom stereocenters. The third-order valence-electron chi connectivity index (χ3n) is 7.37. The SMILES string of the molecule is CNC(=O)c1c(-c2ccc(F)cc2)oc2cc(N(C)S(C)(=O)=O)c(-c3cncc(-c4cc5c([nH]4)CCNC5=O)c3)cc12. The van der Waals surface area contributed by atoms with Crippen LogP contribution in [0.3, 0.4) is 0 Å². The van der Waals surface area contributed by atoms with Crippen molar-refractivity contribution in [3.05, 3.63) is 83.6 Å². The number of H-pyrrole nitrogens is 1. The number of nitrogens with zero attached hydrogens (tertiary/aromatic N) is 2. The van der Waals surface area contributed by atoms with Gasteiger partial charge in [0, 0.05) is 84.5 Å². The van der Waals surface area contributed by atoms with Gasteiger partial charge in [0.2, 0.25) is 10.0 Å². The van der Waals surface area contributed by atoms with Crippen molar-refractivity contribution in [1.82, 2.24) is 20.6 Å². The first-order chi connectivity index (χ1) is 20.0. The molecule has 6 rings (SSSR count). The Morgan fingerprint density at radius 2 is 1.79 bits per heavy atom. The fourth-order valence-electron chi connectivity index (χ4n) is 5.14. The van der Waals surface area contributed by atoms with E-state index in [1.807, 2.05) is 6.07 Å². The van der Waals surface area contributed by atoms with Crippen molar-refractivity contribution >= 4 is 38.5 Å². The van der Waals surface area contributed by atoms with Crippen LogP contribution in [0.2, 0.25) is 0 Å². The van der Waals surface area contributed by atoms with Gasteiger partial charge in [0.1, 0.15) is 17.2 Å². The lowest BCUT2D eigenvalue weighted by molar-refractivity contribution is 0.0943. The number of aromatic nitrogens is 2. The molecule has 1 aliphatic heterocycles. The maximum Gasteiger partial charge on any atom is 0.255 e. The summed E-state index contributed by atoms with van der Waals surface area (Å²) in [6, 6.07) is 12.4. The Bertz CT molecular complexity index is 2000. The zero-order valence-corrected chi connectivity index (χ0v) is 23.7. The maximum atomic E-state index is 13.7. The minimum Gasteiger partial charge on any atom is -0.455 e. The first-order valence-corrected chi connectivity index (χ1v) is 14.9. The van der Waals surface area contributed by atoms with Crippen LogP contribution in [0.1, 0.15) is 26.4 Å². The van der Waals surface area contributed by atoms with E-state index >= 15 is 0 Å². The van der Waals surface area contributed by atoms with Gasteiger partial charge in [-0.2, -0.15) is 0 Å². The summed E-state index contributed by atoms with van der Waals surface area (Å²) in [5.74, 6) is -0.794. The molecule has 4 heterocycles. The zero-order chi connectivity index (χ0) is 29.8. The molecule has 0 saturated carbocycles. The van der Waals surface area contributed by atoms with E-state index in [1.54, 1.807) is 30.6 Å². The fourth-order valence-corrected chi connectivity index (χ4v) is 5.65. The van der Waals surface area contributed by atoms with Crippen LogP contribution < -0.4 is 14.9 Å². The van der Waals surface area contributed by atoms with E-state index in [0.29, 0.717) is 57.6 Å². The van der Waals surface area contributed by atoms with Gasteiger partial charge < -0.3 is 20.0 Å². The largest absolute Gasteiger partial charge is 0.455 e. The van der Waals surface area contributed by atoms with Gasteiger partial charge >= 0.3 is 0 Å². The van der Waals surface area contributed by atoms with Gasteiger partial charge in [-0.3, -0.25) is 18.9 Å². The molecule has 2 amide bonds. The van der Waals surface area contributed by atoms with Crippen LogP contribution in [0.15, 0.2) is 65.3 Å². The van der Waals surface area contributed by atoms with Gasteiger partial charge in [0.25, 0.3) is 11.8 Å². The number of halogens is 1. The molecule has 10 nitrogen and oxygen atoms in total. The van der Waals surface area contributed by atoms with Crippen LogP contribution in [-0.4, -0.2) is 57.1 Å². The molecule has 12 heteroatoms. The Morgan fingerprint density at radius 1 is 1.05 bits per heavy atom. The molecule has 2 aromatic carbocycles. The van der Waals surface area contributed by atoms with Gasteiger partial charge in [-0.05, 0) is 42.5 Å². The fraction of sp³-hybridized carbons (Fsp3) is 0.167. The second kappa shape index (κ2) is 10.1. The number of anilines is 1. The second-order valence-electron chi connectivity index (χ2n) is 10.0. The standard InChI is InChI=1S/C30H26FN5O5S/c1-32-30(38)27-22-11-20(17-10-18(15-33-14-17)24-12-21-23(35-24)8-9-34-29(21)37)25(36(2)42(3,39)40)13-26(22)41-28(27)16-4-6-19(31)7-5-16/h4-7,10-15,35H,8-9H2,1-3H3,(H,32,38)(H,34,37). The molecule has 0 bridgehead atoms. The second-order valence-corrected chi connectivity index (χ2v) is 12.0. The molecule has 0 atom stereocenters. The van der Waals surface area contributed by atoms with Gasteiger partial charge in [-0.15, -0.1) is 0 Å². The maximum absolute atomic E-state index is 13.7. The molecule has 3 aromatic heterocycles. The third-order valence-corrected chi connectivity index (χ3v) is 8.56. The molecule has 3 N–H and O–H groups in total. The topological polar surface area (TPSA) is 137 Å². The Morgan fingerprint density at radius 3 is 2.48 bits per heavy atom. The predicted octanol–water partition coefficient (Wildman–Crippen LogP) is 4.34. The van der Waals surface area contributed by atoms with Gasteiger partial charge in [0.05, 0.1) is 23.1 Å². The molecule has 0 saturated heterocycles. The molecule has 0 radical (unpaired) electrons. The average molecular weight is 588 g/mol. The van der Waals surface area contributed by atoms with Crippen molar-refractivity contribution in [3.63, 3.8) is 0 Å². The molecule has 0 fully saturated rings. The number of pyridine rings is 1. The number of nitrogens with one attached hydrogen (secondary N) is 3. The van der Waals surface area contributed by atoms with Crippen molar-refractivity contribution in [3.8, 4) is 33.7 Å². The number of rotatable bonds is 6. The molecule has 1 aliphatic rings. The normalized spacial score (nSPS) is 13.1. The first kappa shape index (κ1) is 27.2. The van der Waals surface area contributed by atoms with Gasteiger partial charge in [-0.1, -0.05) is 0 Å². The average Bonchev–Trinajstić information content (AvgIpc) is 3.58. The van der Waals surface area contributed by atoms with E-state index in [4.69, 9.17) is 4.42 Å². The minimum atomic E-state index is -3.71. The number of amides is 2. The summed E-state index contributed by atoms with van der Waals surface area (Å²) < 4.78 is 46.3. The number of fused-ring (bicyclic) bond motifs is 2. The molecule has 42 heavy (non-hydrogen) atoms. The van der Waals surface area contributed by atoms with Crippen LogP contribution in [0.5, 0.6) is 0 Å². The van der Waals surface area contributed by atoms with Crippen LogP contribution >= 0.6 is 0 Å². The van der Waals surface area contributed by atoms with E-state index in [2.05, 4.69) is 20.6 Å². The van der Waals surface area contributed by atoms with Crippen molar-refractivity contribution in [1.29, 1.82) is 0 Å². The van der Waals surface area contributed by atoms with Crippen molar-refractivity contribution in [2.45, 2.75) is 6.42 Å². The lowest BCUT2D eigenvalue weighted by Crippen LogP contribution is -2.31. The van der Waals surface area contributed by atoms with E-state index < -0.39 is 21.7 Å². The number of sulfonamides is 1. The number of carbonyl (C=O) groups excluding carboxylic acids is 2. The number of aromatic amines is 1. The molecule has 0 spiro atoms. The Balaban J connectivity index is 1.58. The summed E-state index contributed by atoms with van der Waals surface area (Å²) >= 11 is 0. The molecular formula is C30H26FN5O5S. The monoisotopic (exact) mass is 587 g/mol. The summed E-state index contributed by atoms with van der Waals surface area (Å²) in [5, 5.41) is 5.90. The lowest BCUT2D eigenvalue weighted by atomic mass is 9.98. The molecule has 5 aromatic rings. The Hall–Kier alpha value is -4.97. The number of carbonyl (C=O) groups is 2. The minimum absolute atomic E-state index is 0.149. The molecule has 214 valence electrons. The predicted molar refractivity (Wildman–Crippen MR) is 157 cm³/mol. The summed E-state index contributed by atoms with van der Waals surface area (Å²) in [5.41, 5.74) is 5.12. The molecular weight excluding hydrogens is 561 g/mol. The number of hydrogen-bond acceptors (Lipinski definition) is 6. The van der Waals surface area contributed by atoms with Crippen molar-refractivity contribution in [2.75, 3.05) is 31.2 Å². The van der Waals surface area contributed by atoms with Crippen molar-refractivity contribution in [2.24, 2.45) is 0 Å². The number of benzene rings is 2. The summed E-state index contributed by atoms with van der Waals surface area (Å²) in [4.78, 5) is 33.2.